The Morgan fingerprint density at radius 1 is 1.00 bits per heavy atom. The second kappa shape index (κ2) is 15.1. The molecule has 0 bridgehead atoms. The van der Waals surface area contributed by atoms with Gasteiger partial charge < -0.3 is 29.9 Å². The van der Waals surface area contributed by atoms with Gasteiger partial charge in [-0.3, -0.25) is 9.78 Å². The fourth-order valence-corrected chi connectivity index (χ4v) is 7.05. The molecule has 1 saturated heterocycles. The molecule has 1 aliphatic heterocycles. The summed E-state index contributed by atoms with van der Waals surface area (Å²) in [5, 5.41) is 18.1. The molecule has 9 nitrogen and oxygen atoms in total. The van der Waals surface area contributed by atoms with E-state index in [2.05, 4.69) is 27.9 Å². The average Bonchev–Trinajstić information content (AvgIpc) is 3.42. The van der Waals surface area contributed by atoms with Crippen LogP contribution in [0.25, 0.3) is 44.7 Å². The van der Waals surface area contributed by atoms with E-state index in [0.29, 0.717) is 41.4 Å². The molecule has 5 aromatic rings. The molecular formula is C37H40Cl2N6O3. The van der Waals surface area contributed by atoms with E-state index in [1.165, 1.54) is 0 Å². The number of aryl methyl sites for hydroxylation is 1. The molecule has 11 heteroatoms. The van der Waals surface area contributed by atoms with Gasteiger partial charge in [0.05, 0.1) is 35.1 Å². The number of aliphatic hydroxyl groups excluding tert-OH is 1. The highest BCUT2D eigenvalue weighted by atomic mass is 35.5. The highest BCUT2D eigenvalue weighted by molar-refractivity contribution is 6.39. The van der Waals surface area contributed by atoms with Gasteiger partial charge in [0.25, 0.3) is 0 Å². The fourth-order valence-electron chi connectivity index (χ4n) is 6.41. The predicted molar refractivity (Wildman–Crippen MR) is 192 cm³/mol. The van der Waals surface area contributed by atoms with Crippen molar-refractivity contribution in [2.75, 3.05) is 33.4 Å². The quantitative estimate of drug-likeness (QED) is 0.137. The highest BCUT2D eigenvalue weighted by Crippen LogP contribution is 2.42. The van der Waals surface area contributed by atoms with Gasteiger partial charge in [-0.05, 0) is 42.7 Å². The third-order valence-electron chi connectivity index (χ3n) is 9.04. The number of likely N-dealkylation sites (tertiary alicyclic amines) is 1. The lowest BCUT2D eigenvalue weighted by molar-refractivity contribution is -0.129. The molecule has 1 amide bonds. The van der Waals surface area contributed by atoms with Gasteiger partial charge in [0.2, 0.25) is 5.91 Å². The molecule has 6 rings (SSSR count). The van der Waals surface area contributed by atoms with E-state index in [0.717, 1.165) is 81.8 Å². The Hall–Kier alpha value is -3.99. The summed E-state index contributed by atoms with van der Waals surface area (Å²) in [6.45, 7) is 5.11. The summed E-state index contributed by atoms with van der Waals surface area (Å²) in [6.07, 6.45) is 5.66. The van der Waals surface area contributed by atoms with Crippen LogP contribution in [-0.4, -0.2) is 69.8 Å². The minimum atomic E-state index is 0.0914. The number of benzene rings is 2. The van der Waals surface area contributed by atoms with Gasteiger partial charge in [0.1, 0.15) is 11.4 Å². The minimum Gasteiger partial charge on any atom is -0.496 e. The number of amides is 1. The minimum absolute atomic E-state index is 0.0914. The summed E-state index contributed by atoms with van der Waals surface area (Å²) in [5.41, 5.74) is 7.59. The van der Waals surface area contributed by atoms with Gasteiger partial charge in [-0.2, -0.15) is 0 Å². The summed E-state index contributed by atoms with van der Waals surface area (Å²) in [6, 6.07) is 18.2. The average molecular weight is 688 g/mol. The fraction of sp³-hybridized carbons (Fsp3) is 0.324. The molecule has 4 heterocycles. The number of fused-ring (bicyclic) bond motifs is 1. The number of nitrogens with zero attached hydrogens (tertiary/aromatic N) is 4. The van der Waals surface area contributed by atoms with Crippen LogP contribution in [-0.2, 0) is 24.9 Å². The molecule has 0 spiro atoms. The summed E-state index contributed by atoms with van der Waals surface area (Å²) >= 11 is 14.2. The number of pyridine rings is 2. The van der Waals surface area contributed by atoms with Crippen molar-refractivity contribution in [2.24, 2.45) is 7.05 Å². The molecule has 0 radical (unpaired) electrons. The predicted octanol–water partition coefficient (Wildman–Crippen LogP) is 6.47. The maximum atomic E-state index is 11.7. The van der Waals surface area contributed by atoms with E-state index in [1.807, 2.05) is 65.0 Å². The van der Waals surface area contributed by atoms with Crippen molar-refractivity contribution in [3.63, 3.8) is 0 Å². The second-order valence-corrected chi connectivity index (χ2v) is 12.9. The number of halogens is 2. The lowest BCUT2D eigenvalue weighted by Gasteiger charge is -2.32. The summed E-state index contributed by atoms with van der Waals surface area (Å²) in [4.78, 5) is 23.2. The largest absolute Gasteiger partial charge is 0.496 e. The van der Waals surface area contributed by atoms with E-state index in [4.69, 9.17) is 38.0 Å². The molecule has 0 aliphatic carbocycles. The lowest BCUT2D eigenvalue weighted by Crippen LogP contribution is -2.43. The Labute approximate surface area is 290 Å². The molecule has 3 aromatic heterocycles. The first-order valence-electron chi connectivity index (χ1n) is 16.2. The van der Waals surface area contributed by atoms with E-state index in [9.17, 15) is 4.79 Å². The third kappa shape index (κ3) is 7.06. The van der Waals surface area contributed by atoms with Gasteiger partial charge in [0, 0.05) is 98.3 Å². The Morgan fingerprint density at radius 2 is 1.77 bits per heavy atom. The number of rotatable bonds is 11. The van der Waals surface area contributed by atoms with Crippen LogP contribution in [0.4, 0.5) is 0 Å². The van der Waals surface area contributed by atoms with Gasteiger partial charge in [-0.1, -0.05) is 53.5 Å². The number of nitrogens with one attached hydrogen (secondary N) is 2. The van der Waals surface area contributed by atoms with E-state index < -0.39 is 0 Å². The van der Waals surface area contributed by atoms with Crippen molar-refractivity contribution in [3.8, 4) is 39.4 Å². The summed E-state index contributed by atoms with van der Waals surface area (Å²) in [5.74, 6) is 0.886. The van der Waals surface area contributed by atoms with E-state index >= 15 is 0 Å². The Balaban J connectivity index is 1.25. The lowest BCUT2D eigenvalue weighted by atomic mass is 9.99. The number of ether oxygens (including phenoxy) is 1. The molecule has 3 N–H and O–H groups in total. The van der Waals surface area contributed by atoms with Crippen molar-refractivity contribution in [2.45, 2.75) is 38.9 Å². The number of hydrogen-bond donors (Lipinski definition) is 3. The van der Waals surface area contributed by atoms with Crippen LogP contribution < -0.4 is 15.4 Å². The van der Waals surface area contributed by atoms with Crippen molar-refractivity contribution in [1.29, 1.82) is 0 Å². The van der Waals surface area contributed by atoms with Crippen LogP contribution in [0.2, 0.25) is 10.0 Å². The third-order valence-corrected chi connectivity index (χ3v) is 9.83. The first kappa shape index (κ1) is 33.9. The standard InChI is InChI=1S/C37H40Cl2N6O3/c1-23(47)45-16-12-27(13-17-45)42-21-25-8-7-24(19-33(25)48-3)36-35(39)30(11-14-41-36)29-5-4-6-31(34(29)38)32-10-9-28-26(20-40-15-18-46)22-44(2)37(28)43-32/h4-11,14,19,22,27,40,42,46H,12-13,15-18,20-21H2,1-3H3. The van der Waals surface area contributed by atoms with Crippen LogP contribution in [0.15, 0.2) is 67.0 Å². The first-order valence-corrected chi connectivity index (χ1v) is 16.9. The van der Waals surface area contributed by atoms with Gasteiger partial charge in [0.15, 0.2) is 0 Å². The van der Waals surface area contributed by atoms with Crippen LogP contribution in [0.5, 0.6) is 5.75 Å². The van der Waals surface area contributed by atoms with Crippen LogP contribution in [0.3, 0.4) is 0 Å². The van der Waals surface area contributed by atoms with Gasteiger partial charge in [-0.15, -0.1) is 0 Å². The number of methoxy groups -OCH3 is 1. The molecule has 0 unspecified atom stereocenters. The molecule has 48 heavy (non-hydrogen) atoms. The monoisotopic (exact) mass is 686 g/mol. The maximum absolute atomic E-state index is 11.7. The van der Waals surface area contributed by atoms with Crippen LogP contribution in [0.1, 0.15) is 30.9 Å². The number of aromatic nitrogens is 3. The number of aliphatic hydroxyl groups is 1. The molecular weight excluding hydrogens is 647 g/mol. The second-order valence-electron chi connectivity index (χ2n) is 12.1. The van der Waals surface area contributed by atoms with Crippen LogP contribution >= 0.6 is 23.2 Å². The SMILES string of the molecule is COc1cc(-c2nccc(-c3cccc(-c4ccc5c(CNCCO)cn(C)c5n4)c3Cl)c2Cl)ccc1CNC1CCN(C(C)=O)CC1. The van der Waals surface area contributed by atoms with Gasteiger partial charge in [-0.25, -0.2) is 4.98 Å². The number of carbonyl (C=O) groups excluding carboxylic acids is 1. The first-order chi connectivity index (χ1) is 23.3. The number of piperidine rings is 1. The van der Waals surface area contributed by atoms with E-state index in [-0.39, 0.29) is 12.5 Å². The smallest absolute Gasteiger partial charge is 0.219 e. The molecule has 0 saturated carbocycles. The topological polar surface area (TPSA) is 105 Å². The van der Waals surface area contributed by atoms with Crippen molar-refractivity contribution >= 4 is 40.1 Å². The Bertz CT molecular complexity index is 1940. The molecule has 2 aromatic carbocycles. The zero-order chi connectivity index (χ0) is 33.8. The summed E-state index contributed by atoms with van der Waals surface area (Å²) < 4.78 is 7.80. The Morgan fingerprint density at radius 3 is 2.52 bits per heavy atom. The van der Waals surface area contributed by atoms with Crippen molar-refractivity contribution < 1.29 is 14.6 Å². The zero-order valence-electron chi connectivity index (χ0n) is 27.4. The van der Waals surface area contributed by atoms with Gasteiger partial charge >= 0.3 is 0 Å². The number of hydrogen-bond acceptors (Lipinski definition) is 7. The molecule has 1 aliphatic rings. The summed E-state index contributed by atoms with van der Waals surface area (Å²) in [7, 11) is 3.64. The molecule has 1 fully saturated rings. The van der Waals surface area contributed by atoms with Crippen LogP contribution in [0, 0.1) is 0 Å². The van der Waals surface area contributed by atoms with Crippen molar-refractivity contribution in [3.05, 3.63) is 88.2 Å². The normalized spacial score (nSPS) is 13.8. The number of carbonyl (C=O) groups is 1. The zero-order valence-corrected chi connectivity index (χ0v) is 28.9. The Kier molecular flexibility index (Phi) is 10.6. The highest BCUT2D eigenvalue weighted by Gasteiger charge is 2.22. The van der Waals surface area contributed by atoms with Crippen molar-refractivity contribution in [1.82, 2.24) is 30.1 Å². The molecule has 0 atom stereocenters. The van der Waals surface area contributed by atoms with E-state index in [1.54, 1.807) is 20.2 Å². The molecule has 250 valence electrons. The maximum Gasteiger partial charge on any atom is 0.219 e.